The number of halogens is 1. The molecule has 0 saturated carbocycles. The summed E-state index contributed by atoms with van der Waals surface area (Å²) >= 11 is 5.81. The summed E-state index contributed by atoms with van der Waals surface area (Å²) in [5.41, 5.74) is 1.75. The molecule has 0 bridgehead atoms. The number of ether oxygens (including phenoxy) is 1. The van der Waals surface area contributed by atoms with Gasteiger partial charge in [-0.05, 0) is 29.8 Å². The molecule has 0 unspecified atom stereocenters. The van der Waals surface area contributed by atoms with Gasteiger partial charge in [-0.25, -0.2) is 0 Å². The normalized spacial score (nSPS) is 10.7. The molecule has 0 amide bonds. The van der Waals surface area contributed by atoms with Crippen molar-refractivity contribution in [3.8, 4) is 5.75 Å². The molecule has 18 heavy (non-hydrogen) atoms. The molecule has 1 N–H and O–H groups in total. The molecule has 0 saturated heterocycles. The molecule has 0 spiro atoms. The first-order valence-electron chi connectivity index (χ1n) is 5.43. The summed E-state index contributed by atoms with van der Waals surface area (Å²) in [6, 6.07) is 14.8. The van der Waals surface area contributed by atoms with Crippen LogP contribution in [-0.4, -0.2) is 11.4 Å². The van der Waals surface area contributed by atoms with Crippen LogP contribution in [0.2, 0.25) is 5.02 Å². The lowest BCUT2D eigenvalue weighted by atomic mass is 10.2. The van der Waals surface area contributed by atoms with E-state index in [0.29, 0.717) is 17.4 Å². The molecule has 2 aromatic carbocycles. The van der Waals surface area contributed by atoms with Crippen molar-refractivity contribution in [1.82, 2.24) is 0 Å². The summed E-state index contributed by atoms with van der Waals surface area (Å²) < 4.78 is 5.67. The van der Waals surface area contributed by atoms with Crippen LogP contribution in [0.15, 0.2) is 53.7 Å². The van der Waals surface area contributed by atoms with E-state index in [1.54, 1.807) is 0 Å². The average molecular weight is 262 g/mol. The van der Waals surface area contributed by atoms with Gasteiger partial charge in [0.15, 0.2) is 0 Å². The Hall–Kier alpha value is -2.00. The van der Waals surface area contributed by atoms with Gasteiger partial charge in [-0.1, -0.05) is 41.0 Å². The number of rotatable bonds is 4. The largest absolute Gasteiger partial charge is 0.488 e. The molecule has 0 aliphatic carbocycles. The molecule has 0 aromatic heterocycles. The SMILES string of the molecule is O/N=C/c1ccccc1OCc1ccc(Cl)cc1. The van der Waals surface area contributed by atoms with Crippen LogP contribution in [-0.2, 0) is 6.61 Å². The highest BCUT2D eigenvalue weighted by molar-refractivity contribution is 6.30. The summed E-state index contributed by atoms with van der Waals surface area (Å²) in [6.07, 6.45) is 1.34. The smallest absolute Gasteiger partial charge is 0.128 e. The molecule has 92 valence electrons. The van der Waals surface area contributed by atoms with E-state index in [9.17, 15) is 0 Å². The molecule has 0 fully saturated rings. The van der Waals surface area contributed by atoms with Gasteiger partial charge in [0, 0.05) is 10.6 Å². The summed E-state index contributed by atoms with van der Waals surface area (Å²) in [4.78, 5) is 0. The Bertz CT molecular complexity index is 538. The van der Waals surface area contributed by atoms with Crippen LogP contribution in [0, 0.1) is 0 Å². The van der Waals surface area contributed by atoms with Crippen molar-refractivity contribution >= 4 is 17.8 Å². The maximum atomic E-state index is 8.56. The van der Waals surface area contributed by atoms with Crippen molar-refractivity contribution in [3.05, 3.63) is 64.7 Å². The fraction of sp³-hybridized carbons (Fsp3) is 0.0714. The second-order valence-electron chi connectivity index (χ2n) is 3.70. The highest BCUT2D eigenvalue weighted by Gasteiger charge is 2.01. The first-order valence-corrected chi connectivity index (χ1v) is 5.81. The molecule has 0 heterocycles. The summed E-state index contributed by atoms with van der Waals surface area (Å²) in [5, 5.41) is 12.3. The molecule has 0 radical (unpaired) electrons. The molecule has 2 rings (SSSR count). The Balaban J connectivity index is 2.08. The van der Waals surface area contributed by atoms with E-state index in [0.717, 1.165) is 11.1 Å². The number of hydrogen-bond acceptors (Lipinski definition) is 3. The summed E-state index contributed by atoms with van der Waals surface area (Å²) in [6.45, 7) is 0.438. The van der Waals surface area contributed by atoms with Gasteiger partial charge in [0.25, 0.3) is 0 Å². The zero-order valence-electron chi connectivity index (χ0n) is 9.58. The van der Waals surface area contributed by atoms with E-state index in [2.05, 4.69) is 5.16 Å². The Morgan fingerprint density at radius 2 is 1.83 bits per heavy atom. The number of oxime groups is 1. The van der Waals surface area contributed by atoms with Gasteiger partial charge in [-0.3, -0.25) is 0 Å². The molecular weight excluding hydrogens is 250 g/mol. The van der Waals surface area contributed by atoms with Gasteiger partial charge in [-0.15, -0.1) is 0 Å². The zero-order valence-corrected chi connectivity index (χ0v) is 10.3. The van der Waals surface area contributed by atoms with Crippen molar-refractivity contribution in [2.45, 2.75) is 6.61 Å². The van der Waals surface area contributed by atoms with Crippen molar-refractivity contribution in [1.29, 1.82) is 0 Å². The Kier molecular flexibility index (Phi) is 4.20. The van der Waals surface area contributed by atoms with Crippen molar-refractivity contribution in [2.24, 2.45) is 5.16 Å². The number of hydrogen-bond donors (Lipinski definition) is 1. The van der Waals surface area contributed by atoms with Crippen LogP contribution in [0.5, 0.6) is 5.75 Å². The van der Waals surface area contributed by atoms with Crippen LogP contribution in [0.1, 0.15) is 11.1 Å². The minimum Gasteiger partial charge on any atom is -0.488 e. The fourth-order valence-electron chi connectivity index (χ4n) is 1.52. The maximum absolute atomic E-state index is 8.56. The summed E-state index contributed by atoms with van der Waals surface area (Å²) in [5.74, 6) is 0.672. The maximum Gasteiger partial charge on any atom is 0.128 e. The quantitative estimate of drug-likeness (QED) is 0.518. The third-order valence-corrected chi connectivity index (χ3v) is 2.68. The first-order chi connectivity index (χ1) is 8.79. The average Bonchev–Trinajstić information content (AvgIpc) is 2.40. The monoisotopic (exact) mass is 261 g/mol. The molecule has 3 nitrogen and oxygen atoms in total. The summed E-state index contributed by atoms with van der Waals surface area (Å²) in [7, 11) is 0. The second-order valence-corrected chi connectivity index (χ2v) is 4.13. The van der Waals surface area contributed by atoms with E-state index < -0.39 is 0 Å². The van der Waals surface area contributed by atoms with Gasteiger partial charge in [0.2, 0.25) is 0 Å². The Morgan fingerprint density at radius 3 is 2.56 bits per heavy atom. The van der Waals surface area contributed by atoms with Crippen LogP contribution >= 0.6 is 11.6 Å². The van der Waals surface area contributed by atoms with Crippen molar-refractivity contribution in [3.63, 3.8) is 0 Å². The third-order valence-electron chi connectivity index (χ3n) is 2.42. The molecule has 2 aromatic rings. The van der Waals surface area contributed by atoms with Gasteiger partial charge in [0.05, 0.1) is 6.21 Å². The van der Waals surface area contributed by atoms with Crippen molar-refractivity contribution in [2.75, 3.05) is 0 Å². The van der Waals surface area contributed by atoms with E-state index in [1.165, 1.54) is 6.21 Å². The van der Waals surface area contributed by atoms with Gasteiger partial charge >= 0.3 is 0 Å². The minimum atomic E-state index is 0.438. The van der Waals surface area contributed by atoms with E-state index in [1.807, 2.05) is 48.5 Å². The molecular formula is C14H12ClNO2. The number of nitrogens with zero attached hydrogens (tertiary/aromatic N) is 1. The lowest BCUT2D eigenvalue weighted by Crippen LogP contribution is -1.98. The topological polar surface area (TPSA) is 41.8 Å². The first kappa shape index (κ1) is 12.5. The van der Waals surface area contributed by atoms with E-state index in [-0.39, 0.29) is 0 Å². The molecule has 0 atom stereocenters. The Morgan fingerprint density at radius 1 is 1.11 bits per heavy atom. The standard InChI is InChI=1S/C14H12ClNO2/c15-13-7-5-11(6-8-13)10-18-14-4-2-1-3-12(14)9-16-17/h1-9,17H,10H2/b16-9+. The lowest BCUT2D eigenvalue weighted by Gasteiger charge is -2.08. The zero-order chi connectivity index (χ0) is 12.8. The number of para-hydroxylation sites is 1. The molecule has 0 aliphatic heterocycles. The lowest BCUT2D eigenvalue weighted by molar-refractivity contribution is 0.304. The van der Waals surface area contributed by atoms with Crippen LogP contribution < -0.4 is 4.74 Å². The number of benzene rings is 2. The van der Waals surface area contributed by atoms with Crippen LogP contribution in [0.4, 0.5) is 0 Å². The van der Waals surface area contributed by atoms with Crippen LogP contribution in [0.25, 0.3) is 0 Å². The Labute approximate surface area is 110 Å². The fourth-order valence-corrected chi connectivity index (χ4v) is 1.65. The third kappa shape index (κ3) is 3.25. The van der Waals surface area contributed by atoms with E-state index in [4.69, 9.17) is 21.5 Å². The highest BCUT2D eigenvalue weighted by atomic mass is 35.5. The molecule has 4 heteroatoms. The second kappa shape index (κ2) is 6.07. The predicted molar refractivity (Wildman–Crippen MR) is 71.6 cm³/mol. The van der Waals surface area contributed by atoms with Gasteiger partial charge in [-0.2, -0.15) is 0 Å². The van der Waals surface area contributed by atoms with Gasteiger partial charge in [0.1, 0.15) is 12.4 Å². The van der Waals surface area contributed by atoms with Crippen LogP contribution in [0.3, 0.4) is 0 Å². The van der Waals surface area contributed by atoms with Crippen molar-refractivity contribution < 1.29 is 9.94 Å². The predicted octanol–water partition coefficient (Wildman–Crippen LogP) is 3.73. The minimum absolute atomic E-state index is 0.438. The molecule has 0 aliphatic rings. The highest BCUT2D eigenvalue weighted by Crippen LogP contribution is 2.18. The van der Waals surface area contributed by atoms with E-state index >= 15 is 0 Å². The van der Waals surface area contributed by atoms with Gasteiger partial charge < -0.3 is 9.94 Å².